The summed E-state index contributed by atoms with van der Waals surface area (Å²) in [7, 11) is 0. The van der Waals surface area contributed by atoms with Crippen LogP contribution in [0.1, 0.15) is 27.2 Å². The fourth-order valence-electron chi connectivity index (χ4n) is 0.873. The molecule has 0 spiro atoms. The first-order valence-electron chi connectivity index (χ1n) is 3.92. The van der Waals surface area contributed by atoms with Crippen LogP contribution in [0.15, 0.2) is 23.8 Å². The molecule has 0 fully saturated rings. The summed E-state index contributed by atoms with van der Waals surface area (Å²) in [5.74, 6) is -0.248. The average Bonchev–Trinajstić information content (AvgIpc) is 1.98. The van der Waals surface area contributed by atoms with Gasteiger partial charge >= 0.3 is 0 Å². The molecule has 0 aliphatic rings. The molecule has 0 amide bonds. The van der Waals surface area contributed by atoms with Gasteiger partial charge < -0.3 is 0 Å². The molecule has 0 aliphatic carbocycles. The minimum Gasteiger partial charge on any atom is -0.295 e. The summed E-state index contributed by atoms with van der Waals surface area (Å²) in [5.41, 5.74) is 0.759. The van der Waals surface area contributed by atoms with Crippen molar-refractivity contribution in [3.63, 3.8) is 0 Å². The van der Waals surface area contributed by atoms with Gasteiger partial charge in [0.2, 0.25) is 0 Å². The number of carbonyl (C=O) groups excluding carboxylic acids is 2. The molecular weight excluding hydrogens is 152 g/mol. The van der Waals surface area contributed by atoms with Crippen LogP contribution in [0.3, 0.4) is 0 Å². The Morgan fingerprint density at radius 3 is 2.00 bits per heavy atom. The summed E-state index contributed by atoms with van der Waals surface area (Å²) in [4.78, 5) is 21.9. The van der Waals surface area contributed by atoms with Crippen molar-refractivity contribution in [1.29, 1.82) is 0 Å². The maximum absolute atomic E-state index is 11.0. The van der Waals surface area contributed by atoms with Crippen LogP contribution in [0, 0.1) is 0 Å². The highest BCUT2D eigenvalue weighted by Gasteiger charge is 2.10. The first kappa shape index (κ1) is 10.8. The van der Waals surface area contributed by atoms with Crippen molar-refractivity contribution in [2.24, 2.45) is 0 Å². The van der Waals surface area contributed by atoms with Crippen LogP contribution in [0.2, 0.25) is 0 Å². The van der Waals surface area contributed by atoms with E-state index in [4.69, 9.17) is 0 Å². The van der Waals surface area contributed by atoms with Gasteiger partial charge in [-0.1, -0.05) is 19.6 Å². The minimum absolute atomic E-state index is 0.1000. The molecule has 0 aromatic heterocycles. The van der Waals surface area contributed by atoms with Crippen molar-refractivity contribution < 1.29 is 9.59 Å². The summed E-state index contributed by atoms with van der Waals surface area (Å²) in [6, 6.07) is 0. The van der Waals surface area contributed by atoms with Crippen molar-refractivity contribution in [1.82, 2.24) is 0 Å². The fraction of sp³-hybridized carbons (Fsp3) is 0.400. The summed E-state index contributed by atoms with van der Waals surface area (Å²) in [5, 5.41) is 0. The highest BCUT2D eigenvalue weighted by atomic mass is 16.1. The lowest BCUT2D eigenvalue weighted by atomic mass is 10.0. The molecule has 2 heteroatoms. The molecule has 66 valence electrons. The van der Waals surface area contributed by atoms with Gasteiger partial charge in [-0.15, -0.1) is 0 Å². The molecule has 0 aromatic carbocycles. The van der Waals surface area contributed by atoms with E-state index in [2.05, 4.69) is 6.58 Å². The number of rotatable bonds is 4. The highest BCUT2D eigenvalue weighted by Crippen LogP contribution is 2.10. The van der Waals surface area contributed by atoms with Gasteiger partial charge in [-0.05, 0) is 20.3 Å². The van der Waals surface area contributed by atoms with Gasteiger partial charge in [0.25, 0.3) is 0 Å². The van der Waals surface area contributed by atoms with Crippen LogP contribution in [-0.4, -0.2) is 11.6 Å². The van der Waals surface area contributed by atoms with E-state index in [1.807, 2.05) is 6.92 Å². The van der Waals surface area contributed by atoms with Crippen molar-refractivity contribution in [2.45, 2.75) is 27.2 Å². The van der Waals surface area contributed by atoms with Crippen LogP contribution >= 0.6 is 0 Å². The van der Waals surface area contributed by atoms with Crippen LogP contribution in [-0.2, 0) is 9.59 Å². The van der Waals surface area contributed by atoms with E-state index in [0.717, 1.165) is 6.42 Å². The molecule has 0 unspecified atom stereocenters. The second-order valence-corrected chi connectivity index (χ2v) is 2.62. The van der Waals surface area contributed by atoms with Crippen molar-refractivity contribution >= 4 is 11.6 Å². The van der Waals surface area contributed by atoms with Crippen molar-refractivity contribution in [3.05, 3.63) is 23.8 Å². The quantitative estimate of drug-likeness (QED) is 0.473. The SMILES string of the molecule is C=C(C(C)=O)/C(=C\CC)C(C)=O. The Balaban J connectivity index is 4.77. The molecule has 0 N–H and O–H groups in total. The zero-order valence-electron chi connectivity index (χ0n) is 7.81. The Labute approximate surface area is 73.0 Å². The maximum atomic E-state index is 11.0. The van der Waals surface area contributed by atoms with Crippen LogP contribution < -0.4 is 0 Å². The lowest BCUT2D eigenvalue weighted by Crippen LogP contribution is -2.05. The molecule has 0 rings (SSSR count). The van der Waals surface area contributed by atoms with E-state index in [1.165, 1.54) is 13.8 Å². The standard InChI is InChI=1S/C10H14O2/c1-5-6-10(9(4)12)7(2)8(3)11/h6H,2,5H2,1,3-4H3/b10-6+. The Morgan fingerprint density at radius 1 is 1.25 bits per heavy atom. The van der Waals surface area contributed by atoms with Gasteiger partial charge in [0, 0.05) is 11.1 Å². The van der Waals surface area contributed by atoms with Gasteiger partial charge in [-0.3, -0.25) is 9.59 Å². The van der Waals surface area contributed by atoms with Gasteiger partial charge in [0.15, 0.2) is 11.6 Å². The molecule has 0 bridgehead atoms. The van der Waals surface area contributed by atoms with Gasteiger partial charge in [0.1, 0.15) is 0 Å². The van der Waals surface area contributed by atoms with Crippen LogP contribution in [0.4, 0.5) is 0 Å². The molecule has 0 aromatic rings. The van der Waals surface area contributed by atoms with E-state index in [9.17, 15) is 9.59 Å². The summed E-state index contributed by atoms with van der Waals surface area (Å²) in [6.45, 7) is 8.32. The summed E-state index contributed by atoms with van der Waals surface area (Å²) >= 11 is 0. The Morgan fingerprint density at radius 2 is 1.75 bits per heavy atom. The van der Waals surface area contributed by atoms with Crippen molar-refractivity contribution in [3.8, 4) is 0 Å². The topological polar surface area (TPSA) is 34.1 Å². The Kier molecular flexibility index (Phi) is 4.19. The van der Waals surface area contributed by atoms with Crippen LogP contribution in [0.5, 0.6) is 0 Å². The third kappa shape index (κ3) is 2.82. The van der Waals surface area contributed by atoms with E-state index >= 15 is 0 Å². The smallest absolute Gasteiger partial charge is 0.160 e. The number of carbonyl (C=O) groups is 2. The molecule has 0 aliphatic heterocycles. The lowest BCUT2D eigenvalue weighted by molar-refractivity contribution is -0.116. The normalized spacial score (nSPS) is 11.1. The Hall–Kier alpha value is -1.18. The van der Waals surface area contributed by atoms with E-state index < -0.39 is 0 Å². The predicted octanol–water partition coefficient (Wildman–Crippen LogP) is 2.06. The third-order valence-electron chi connectivity index (χ3n) is 1.54. The van der Waals surface area contributed by atoms with Crippen molar-refractivity contribution in [2.75, 3.05) is 0 Å². The first-order chi connectivity index (χ1) is 5.50. The molecular formula is C10H14O2. The van der Waals surface area contributed by atoms with Gasteiger partial charge in [0.05, 0.1) is 0 Å². The minimum atomic E-state index is -0.148. The second kappa shape index (κ2) is 4.65. The van der Waals surface area contributed by atoms with E-state index in [-0.39, 0.29) is 11.6 Å². The Bertz CT molecular complexity index is 247. The van der Waals surface area contributed by atoms with Gasteiger partial charge in [-0.25, -0.2) is 0 Å². The third-order valence-corrected chi connectivity index (χ3v) is 1.54. The summed E-state index contributed by atoms with van der Waals surface area (Å²) in [6.07, 6.45) is 2.47. The maximum Gasteiger partial charge on any atom is 0.160 e. The number of allylic oxidation sites excluding steroid dienone is 3. The average molecular weight is 166 g/mol. The number of ketones is 2. The molecule has 0 heterocycles. The molecule has 0 saturated carbocycles. The number of hydrogen-bond donors (Lipinski definition) is 0. The monoisotopic (exact) mass is 166 g/mol. The predicted molar refractivity (Wildman–Crippen MR) is 48.9 cm³/mol. The fourth-order valence-corrected chi connectivity index (χ4v) is 0.873. The first-order valence-corrected chi connectivity index (χ1v) is 3.92. The number of hydrogen-bond acceptors (Lipinski definition) is 2. The lowest BCUT2D eigenvalue weighted by Gasteiger charge is -2.02. The second-order valence-electron chi connectivity index (χ2n) is 2.62. The van der Waals surface area contributed by atoms with Gasteiger partial charge in [-0.2, -0.15) is 0 Å². The van der Waals surface area contributed by atoms with Crippen LogP contribution in [0.25, 0.3) is 0 Å². The highest BCUT2D eigenvalue weighted by molar-refractivity contribution is 6.10. The largest absolute Gasteiger partial charge is 0.295 e. The zero-order chi connectivity index (χ0) is 9.72. The van der Waals surface area contributed by atoms with E-state index in [1.54, 1.807) is 6.08 Å². The van der Waals surface area contributed by atoms with E-state index in [0.29, 0.717) is 11.1 Å². The molecule has 2 nitrogen and oxygen atoms in total. The molecule has 12 heavy (non-hydrogen) atoms. The zero-order valence-corrected chi connectivity index (χ0v) is 7.81. The molecule has 0 radical (unpaired) electrons. The summed E-state index contributed by atoms with van der Waals surface area (Å²) < 4.78 is 0. The molecule has 0 atom stereocenters. The molecule has 0 saturated heterocycles. The number of Topliss-reactive ketones (excluding diaryl/α,β-unsaturated/α-hetero) is 2.